The Morgan fingerprint density at radius 2 is 1.71 bits per heavy atom. The van der Waals surface area contributed by atoms with Gasteiger partial charge in [-0.3, -0.25) is 18.3 Å². The van der Waals surface area contributed by atoms with Gasteiger partial charge >= 0.3 is 27.1 Å². The lowest BCUT2D eigenvalue weighted by atomic mass is 10.1. The van der Waals surface area contributed by atoms with E-state index in [0.29, 0.717) is 5.56 Å². The highest BCUT2D eigenvalue weighted by molar-refractivity contribution is 7.70. The maximum Gasteiger partial charge on any atom is 0.416 e. The fraction of sp³-hybridized carbons (Fsp3) is 0.474. The summed E-state index contributed by atoms with van der Waals surface area (Å²) in [6.07, 6.45) is -9.62. The average molecular weight is 589 g/mol. The molecule has 1 fully saturated rings. The van der Waals surface area contributed by atoms with Gasteiger partial charge in [-0.25, -0.2) is 4.79 Å². The number of hydrogen-bond acceptors (Lipinski definition) is 9. The topological polar surface area (TPSA) is 202 Å². The van der Waals surface area contributed by atoms with E-state index in [2.05, 4.69) is 9.68 Å². The average Bonchev–Trinajstić information content (AvgIpc) is 3.07. The predicted molar refractivity (Wildman–Crippen MR) is 120 cm³/mol. The molecular weight excluding hydrogens is 565 g/mol. The molecule has 1 unspecified atom stereocenters. The first-order valence-corrected chi connectivity index (χ1v) is 14.2. The van der Waals surface area contributed by atoms with E-state index in [0.717, 1.165) is 27.5 Å². The van der Waals surface area contributed by atoms with E-state index in [4.69, 9.17) is 19.4 Å². The molecule has 1 aromatic heterocycles. The van der Waals surface area contributed by atoms with Gasteiger partial charge in [0.2, 0.25) is 0 Å². The highest BCUT2D eigenvalue weighted by Gasteiger charge is 2.45. The Labute approximate surface area is 211 Å². The minimum Gasteiger partial charge on any atom is -0.389 e. The summed E-state index contributed by atoms with van der Waals surface area (Å²) in [5, 5.41) is 24.3. The van der Waals surface area contributed by atoms with Crippen LogP contribution in [0, 0.1) is 0 Å². The van der Waals surface area contributed by atoms with Crippen LogP contribution in [0.2, 0.25) is 0 Å². The van der Waals surface area contributed by atoms with Crippen molar-refractivity contribution in [2.24, 2.45) is 12.2 Å². The van der Waals surface area contributed by atoms with Crippen LogP contribution in [0.15, 0.2) is 46.5 Å². The molecule has 38 heavy (non-hydrogen) atoms. The third-order valence-corrected chi connectivity index (χ3v) is 8.78. The molecular formula is C19H24F3N3O11P2. The quantitative estimate of drug-likeness (QED) is 0.197. The van der Waals surface area contributed by atoms with E-state index in [1.165, 1.54) is 25.2 Å². The van der Waals surface area contributed by atoms with Crippen molar-refractivity contribution in [2.75, 3.05) is 12.5 Å². The molecule has 14 nitrogen and oxygen atoms in total. The zero-order valence-electron chi connectivity index (χ0n) is 19.5. The number of hydrogen-bond donors (Lipinski definition) is 5. The van der Waals surface area contributed by atoms with Gasteiger partial charge in [0.1, 0.15) is 24.9 Å². The molecule has 212 valence electrons. The summed E-state index contributed by atoms with van der Waals surface area (Å²) in [4.78, 5) is 45.2. The smallest absolute Gasteiger partial charge is 0.389 e. The van der Waals surface area contributed by atoms with Gasteiger partial charge in [-0.05, 0) is 17.7 Å². The first kappa shape index (κ1) is 30.2. The van der Waals surface area contributed by atoms with Crippen molar-refractivity contribution in [2.45, 2.75) is 37.3 Å². The van der Waals surface area contributed by atoms with Crippen molar-refractivity contribution in [3.8, 4) is 0 Å². The zero-order valence-corrected chi connectivity index (χ0v) is 21.2. The summed E-state index contributed by atoms with van der Waals surface area (Å²) >= 11 is 0. The lowest BCUT2D eigenvalue weighted by Gasteiger charge is -2.19. The minimum atomic E-state index is -4.89. The summed E-state index contributed by atoms with van der Waals surface area (Å²) in [6, 6.07) is 5.47. The number of halogens is 3. The van der Waals surface area contributed by atoms with Crippen LogP contribution >= 0.6 is 15.2 Å². The summed E-state index contributed by atoms with van der Waals surface area (Å²) in [6.45, 7) is -1.02. The van der Waals surface area contributed by atoms with Crippen LogP contribution in [-0.4, -0.2) is 64.8 Å². The fourth-order valence-electron chi connectivity index (χ4n) is 3.40. The second kappa shape index (κ2) is 11.4. The van der Waals surface area contributed by atoms with Crippen LogP contribution in [0.1, 0.15) is 17.4 Å². The van der Waals surface area contributed by atoms with Crippen molar-refractivity contribution in [3.05, 3.63) is 63.6 Å². The maximum absolute atomic E-state index is 12.8. The van der Waals surface area contributed by atoms with Crippen molar-refractivity contribution >= 4 is 15.2 Å². The van der Waals surface area contributed by atoms with Gasteiger partial charge in [-0.2, -0.15) is 13.2 Å². The summed E-state index contributed by atoms with van der Waals surface area (Å²) in [5.41, 5.74) is -1.24. The highest BCUT2D eigenvalue weighted by Crippen LogP contribution is 2.55. The number of alkyl halides is 3. The van der Waals surface area contributed by atoms with Crippen LogP contribution < -0.4 is 11.2 Å². The van der Waals surface area contributed by atoms with E-state index in [9.17, 15) is 42.2 Å². The third kappa shape index (κ3) is 7.62. The number of rotatable bonds is 9. The minimum absolute atomic E-state index is 0.00950. The number of benzene rings is 1. The van der Waals surface area contributed by atoms with Crippen molar-refractivity contribution < 1.29 is 61.3 Å². The molecule has 5 atom stereocenters. The number of aliphatic hydroxyl groups is 2. The van der Waals surface area contributed by atoms with Gasteiger partial charge in [0.25, 0.3) is 0 Å². The molecule has 2 heterocycles. The Kier molecular flexibility index (Phi) is 9.08. The molecule has 0 bridgehead atoms. The molecule has 1 saturated heterocycles. The van der Waals surface area contributed by atoms with Gasteiger partial charge in [0, 0.05) is 19.3 Å². The number of nitrogens with zero attached hydrogens (tertiary/aromatic N) is 3. The fourth-order valence-corrected chi connectivity index (χ4v) is 5.97. The predicted octanol–water partition coefficient (Wildman–Crippen LogP) is 0.195. The molecule has 19 heteroatoms. The molecule has 1 aliphatic heterocycles. The van der Waals surface area contributed by atoms with E-state index < -0.39 is 69.7 Å². The highest BCUT2D eigenvalue weighted by atomic mass is 31.2. The van der Waals surface area contributed by atoms with Crippen LogP contribution in [0.5, 0.6) is 0 Å². The first-order valence-electron chi connectivity index (χ1n) is 10.6. The molecule has 1 aromatic carbocycles. The lowest BCUT2D eigenvalue weighted by Crippen LogP contribution is -2.42. The Morgan fingerprint density at radius 3 is 2.29 bits per heavy atom. The first-order chi connectivity index (χ1) is 17.5. The second-order valence-corrected chi connectivity index (χ2v) is 12.3. The summed E-state index contributed by atoms with van der Waals surface area (Å²) in [7, 11) is -8.35. The van der Waals surface area contributed by atoms with E-state index in [1.54, 1.807) is 0 Å². The molecule has 5 N–H and O–H groups in total. The Balaban J connectivity index is 1.69. The van der Waals surface area contributed by atoms with E-state index in [1.807, 2.05) is 0 Å². The SMILES string of the molecule is Cn1c(=O)n([C@@H]2O[C@H](COP(=O)(O)CP(=O)(O)O)[C@@H](O)[C@H]2O)cc/c1=N/OCc1ccc(C(F)(F)F)cc1. The molecule has 0 amide bonds. The standard InChI is InChI=1S/C19H24F3N3O11P2/c1-24-14(23-34-8-11-2-4-12(5-3-11)19(20,21)22)6-7-25(18(24)28)17-16(27)15(26)13(36-17)9-35-38(32,33)10-37(29,30)31/h2-7,13,15-17,26-27H,8-10H2,1H3,(H,32,33)(H2,29,30,31)/b23-14-/t13-,15-,16-,17-/m1/s1. The van der Waals surface area contributed by atoms with Crippen LogP contribution in [0.3, 0.4) is 0 Å². The maximum atomic E-state index is 12.8. The number of aliphatic hydroxyl groups excluding tert-OH is 2. The van der Waals surface area contributed by atoms with Gasteiger partial charge in [-0.1, -0.05) is 17.3 Å². The molecule has 3 rings (SSSR count). The lowest BCUT2D eigenvalue weighted by molar-refractivity contribution is -0.137. The van der Waals surface area contributed by atoms with Crippen LogP contribution in [0.4, 0.5) is 13.2 Å². The zero-order chi connectivity index (χ0) is 28.5. The summed E-state index contributed by atoms with van der Waals surface area (Å²) < 4.78 is 72.6. The third-order valence-electron chi connectivity index (χ3n) is 5.32. The monoisotopic (exact) mass is 589 g/mol. The Morgan fingerprint density at radius 1 is 1.08 bits per heavy atom. The molecule has 2 aromatic rings. The van der Waals surface area contributed by atoms with Crippen LogP contribution in [-0.2, 0) is 43.1 Å². The molecule has 0 spiro atoms. The van der Waals surface area contributed by atoms with Gasteiger partial charge < -0.3 is 39.0 Å². The molecule has 0 saturated carbocycles. The molecule has 1 aliphatic rings. The van der Waals surface area contributed by atoms with Gasteiger partial charge in [0.05, 0.1) is 12.2 Å². The number of ether oxygens (including phenoxy) is 1. The molecule has 0 radical (unpaired) electrons. The number of aromatic nitrogens is 2. The van der Waals surface area contributed by atoms with Crippen molar-refractivity contribution in [1.29, 1.82) is 0 Å². The van der Waals surface area contributed by atoms with E-state index in [-0.39, 0.29) is 12.1 Å². The Hall–Kier alpha value is -2.33. The van der Waals surface area contributed by atoms with Crippen LogP contribution in [0.25, 0.3) is 0 Å². The normalized spacial score (nSPS) is 24.4. The van der Waals surface area contributed by atoms with E-state index >= 15 is 0 Å². The van der Waals surface area contributed by atoms with Crippen molar-refractivity contribution in [3.63, 3.8) is 0 Å². The van der Waals surface area contributed by atoms with Crippen molar-refractivity contribution in [1.82, 2.24) is 9.13 Å². The Bertz CT molecular complexity index is 1360. The largest absolute Gasteiger partial charge is 0.416 e. The molecule has 0 aliphatic carbocycles. The van der Waals surface area contributed by atoms with Gasteiger partial charge in [-0.15, -0.1) is 0 Å². The second-order valence-electron chi connectivity index (χ2n) is 8.27. The van der Waals surface area contributed by atoms with Gasteiger partial charge in [0.15, 0.2) is 17.6 Å². The summed E-state index contributed by atoms with van der Waals surface area (Å²) in [5.74, 6) is -1.46.